The van der Waals surface area contributed by atoms with E-state index in [4.69, 9.17) is 23.2 Å². The molecule has 0 spiro atoms. The highest BCUT2D eigenvalue weighted by atomic mass is 35.5. The largest absolute Gasteiger partial charge is 0.354 e. The zero-order valence-electron chi connectivity index (χ0n) is 19.6. The van der Waals surface area contributed by atoms with Crippen LogP contribution in [0.4, 0.5) is 0 Å². The van der Waals surface area contributed by atoms with E-state index < -0.39 is 6.04 Å². The monoisotopic (exact) mass is 507 g/mol. The summed E-state index contributed by atoms with van der Waals surface area (Å²) in [6.45, 7) is 4.32. The third-order valence-corrected chi connectivity index (χ3v) is 7.09. The summed E-state index contributed by atoms with van der Waals surface area (Å²) in [7, 11) is 0. The molecule has 1 saturated heterocycles. The SMILES string of the molecule is CCCCNC(=O)[C@@H](C)N(Cc1ccc(Cl)cc1Cl)C(=O)CCN1C(=O)[C@H]2CC=CC[C@H]2C1=O. The molecule has 1 aromatic carbocycles. The van der Waals surface area contributed by atoms with Gasteiger partial charge in [-0.1, -0.05) is 54.8 Å². The average molecular weight is 508 g/mol. The second-order valence-electron chi connectivity index (χ2n) is 8.81. The molecule has 2 aliphatic rings. The summed E-state index contributed by atoms with van der Waals surface area (Å²) in [4.78, 5) is 54.2. The Morgan fingerprint density at radius 2 is 1.79 bits per heavy atom. The number of rotatable bonds is 10. The molecule has 1 heterocycles. The maximum Gasteiger partial charge on any atom is 0.242 e. The van der Waals surface area contributed by atoms with Crippen molar-refractivity contribution in [1.29, 1.82) is 0 Å². The fourth-order valence-corrected chi connectivity index (χ4v) is 4.86. The first-order valence-corrected chi connectivity index (χ1v) is 12.5. The molecule has 0 radical (unpaired) electrons. The quantitative estimate of drug-likeness (QED) is 0.295. The standard InChI is InChI=1S/C25H31Cl2N3O4/c1-3-4-12-28-23(32)16(2)30(15-17-9-10-18(26)14-21(17)27)22(31)11-13-29-24(33)19-7-5-6-8-20(19)25(29)34/h5-6,9-10,14,16,19-20H,3-4,7-8,11-13,15H2,1-2H3,(H,28,32)/t16-,19-,20+/m1/s1. The number of hydrogen-bond donors (Lipinski definition) is 1. The molecule has 1 aromatic rings. The van der Waals surface area contributed by atoms with Crippen LogP contribution < -0.4 is 5.32 Å². The Morgan fingerprint density at radius 3 is 2.38 bits per heavy atom. The Labute approximate surface area is 210 Å². The average Bonchev–Trinajstić information content (AvgIpc) is 3.06. The maximum atomic E-state index is 13.3. The van der Waals surface area contributed by atoms with Crippen LogP contribution in [0.2, 0.25) is 10.0 Å². The number of carbonyl (C=O) groups excluding carboxylic acids is 4. The Hall–Kier alpha value is -2.38. The number of carbonyl (C=O) groups is 4. The lowest BCUT2D eigenvalue weighted by Gasteiger charge is -2.29. The molecule has 3 atom stereocenters. The number of allylic oxidation sites excluding steroid dienone is 2. The van der Waals surface area contributed by atoms with Gasteiger partial charge in [0.05, 0.1) is 11.8 Å². The van der Waals surface area contributed by atoms with Gasteiger partial charge in [0.15, 0.2) is 0 Å². The molecule has 7 nitrogen and oxygen atoms in total. The van der Waals surface area contributed by atoms with Gasteiger partial charge in [0.25, 0.3) is 0 Å². The first kappa shape index (κ1) is 26.2. The van der Waals surface area contributed by atoms with E-state index in [2.05, 4.69) is 5.32 Å². The molecule has 4 amide bonds. The first-order valence-electron chi connectivity index (χ1n) is 11.8. The Balaban J connectivity index is 1.72. The van der Waals surface area contributed by atoms with Crippen molar-refractivity contribution in [3.8, 4) is 0 Å². The van der Waals surface area contributed by atoms with Crippen LogP contribution >= 0.6 is 23.2 Å². The first-order chi connectivity index (χ1) is 16.2. The van der Waals surface area contributed by atoms with E-state index in [0.29, 0.717) is 35.0 Å². The molecule has 0 saturated carbocycles. The number of hydrogen-bond acceptors (Lipinski definition) is 4. The maximum absolute atomic E-state index is 13.3. The molecule has 1 fully saturated rings. The molecule has 0 unspecified atom stereocenters. The van der Waals surface area contributed by atoms with Gasteiger partial charge in [-0.15, -0.1) is 0 Å². The lowest BCUT2D eigenvalue weighted by molar-refractivity contribution is -0.143. The predicted octanol–water partition coefficient (Wildman–Crippen LogP) is 3.97. The lowest BCUT2D eigenvalue weighted by Crippen LogP contribution is -2.48. The smallest absolute Gasteiger partial charge is 0.242 e. The Kier molecular flexibility index (Phi) is 9.14. The van der Waals surface area contributed by atoms with Crippen LogP contribution in [0.1, 0.15) is 51.5 Å². The van der Waals surface area contributed by atoms with Crippen LogP contribution in [-0.4, -0.2) is 52.6 Å². The highest BCUT2D eigenvalue weighted by molar-refractivity contribution is 6.35. The van der Waals surface area contributed by atoms with E-state index in [9.17, 15) is 19.2 Å². The number of likely N-dealkylation sites (tertiary alicyclic amines) is 1. The van der Waals surface area contributed by atoms with Crippen LogP contribution in [0, 0.1) is 11.8 Å². The van der Waals surface area contributed by atoms with Gasteiger partial charge in [0.1, 0.15) is 6.04 Å². The summed E-state index contributed by atoms with van der Waals surface area (Å²) in [5, 5.41) is 3.73. The van der Waals surface area contributed by atoms with E-state index in [1.54, 1.807) is 25.1 Å². The normalized spacial score (nSPS) is 20.3. The molecule has 184 valence electrons. The summed E-state index contributed by atoms with van der Waals surface area (Å²) in [5.74, 6) is -1.70. The van der Waals surface area contributed by atoms with Gasteiger partial charge >= 0.3 is 0 Å². The van der Waals surface area contributed by atoms with E-state index >= 15 is 0 Å². The molecule has 3 rings (SSSR count). The van der Waals surface area contributed by atoms with E-state index in [0.717, 1.165) is 12.8 Å². The summed E-state index contributed by atoms with van der Waals surface area (Å²) < 4.78 is 0. The fourth-order valence-electron chi connectivity index (χ4n) is 4.39. The molecule has 1 N–H and O–H groups in total. The van der Waals surface area contributed by atoms with Gasteiger partial charge in [-0.2, -0.15) is 0 Å². The molecule has 0 aromatic heterocycles. The second-order valence-corrected chi connectivity index (χ2v) is 9.66. The van der Waals surface area contributed by atoms with E-state index in [1.807, 2.05) is 19.1 Å². The van der Waals surface area contributed by atoms with E-state index in [1.165, 1.54) is 9.80 Å². The van der Waals surface area contributed by atoms with Crippen molar-refractivity contribution in [2.24, 2.45) is 11.8 Å². The zero-order chi connectivity index (χ0) is 24.8. The number of fused-ring (bicyclic) bond motifs is 1. The van der Waals surface area contributed by atoms with Crippen molar-refractivity contribution in [1.82, 2.24) is 15.1 Å². The molecule has 1 aliphatic carbocycles. The van der Waals surface area contributed by atoms with Gasteiger partial charge in [0.2, 0.25) is 23.6 Å². The minimum atomic E-state index is -0.757. The second kappa shape index (κ2) is 11.8. The van der Waals surface area contributed by atoms with Crippen molar-refractivity contribution in [2.75, 3.05) is 13.1 Å². The summed E-state index contributed by atoms with van der Waals surface area (Å²) in [5.41, 5.74) is 0.651. The Morgan fingerprint density at radius 1 is 1.15 bits per heavy atom. The van der Waals surface area contributed by atoms with Crippen molar-refractivity contribution >= 4 is 46.8 Å². The van der Waals surface area contributed by atoms with Gasteiger partial charge in [0, 0.05) is 36.1 Å². The number of nitrogens with one attached hydrogen (secondary N) is 1. The number of benzene rings is 1. The third-order valence-electron chi connectivity index (χ3n) is 6.50. The van der Waals surface area contributed by atoms with Crippen molar-refractivity contribution < 1.29 is 19.2 Å². The van der Waals surface area contributed by atoms with Crippen molar-refractivity contribution in [2.45, 2.75) is 58.5 Å². The molecule has 34 heavy (non-hydrogen) atoms. The number of imide groups is 1. The molecule has 9 heteroatoms. The van der Waals surface area contributed by atoms with Gasteiger partial charge in [-0.25, -0.2) is 0 Å². The summed E-state index contributed by atoms with van der Waals surface area (Å²) in [6.07, 6.45) is 6.67. The minimum Gasteiger partial charge on any atom is -0.354 e. The molecular formula is C25H31Cl2N3O4. The lowest BCUT2D eigenvalue weighted by atomic mass is 9.85. The highest BCUT2D eigenvalue weighted by Crippen LogP contribution is 2.35. The van der Waals surface area contributed by atoms with Gasteiger partial charge < -0.3 is 10.2 Å². The van der Waals surface area contributed by atoms with Crippen LogP contribution in [0.25, 0.3) is 0 Å². The number of amides is 4. The fraction of sp³-hybridized carbons (Fsp3) is 0.520. The molecule has 0 bridgehead atoms. The minimum absolute atomic E-state index is 0.00146. The van der Waals surface area contributed by atoms with Crippen molar-refractivity contribution in [3.05, 3.63) is 46.0 Å². The Bertz CT molecular complexity index is 955. The van der Waals surface area contributed by atoms with Crippen LogP contribution in [0.5, 0.6) is 0 Å². The predicted molar refractivity (Wildman–Crippen MR) is 131 cm³/mol. The van der Waals surface area contributed by atoms with Crippen molar-refractivity contribution in [3.63, 3.8) is 0 Å². The van der Waals surface area contributed by atoms with Crippen LogP contribution in [-0.2, 0) is 25.7 Å². The van der Waals surface area contributed by atoms with Crippen LogP contribution in [0.3, 0.4) is 0 Å². The summed E-state index contributed by atoms with van der Waals surface area (Å²) in [6, 6.07) is 4.23. The molecular weight excluding hydrogens is 477 g/mol. The number of nitrogens with zero attached hydrogens (tertiary/aromatic N) is 2. The van der Waals surface area contributed by atoms with Crippen LogP contribution in [0.15, 0.2) is 30.4 Å². The summed E-state index contributed by atoms with van der Waals surface area (Å²) >= 11 is 12.3. The zero-order valence-corrected chi connectivity index (χ0v) is 21.1. The number of unbranched alkanes of at least 4 members (excludes halogenated alkanes) is 1. The topological polar surface area (TPSA) is 86.8 Å². The van der Waals surface area contributed by atoms with E-state index in [-0.39, 0.29) is 55.0 Å². The highest BCUT2D eigenvalue weighted by Gasteiger charge is 2.47. The molecule has 1 aliphatic heterocycles. The third kappa shape index (κ3) is 5.99. The van der Waals surface area contributed by atoms with Gasteiger partial charge in [-0.05, 0) is 43.9 Å². The van der Waals surface area contributed by atoms with Gasteiger partial charge in [-0.3, -0.25) is 24.1 Å². The number of halogens is 2.